The minimum atomic E-state index is -0.723. The number of esters is 1. The molecule has 3 rings (SSSR count). The van der Waals surface area contributed by atoms with Crippen LogP contribution in [-0.2, 0) is 19.1 Å². The van der Waals surface area contributed by atoms with E-state index >= 15 is 0 Å². The predicted molar refractivity (Wildman–Crippen MR) is 119 cm³/mol. The van der Waals surface area contributed by atoms with E-state index in [-0.39, 0.29) is 30.1 Å². The molecule has 1 aliphatic heterocycles. The fraction of sp³-hybridized carbons (Fsp3) is 0.500. The molecule has 0 bridgehead atoms. The molecule has 1 aromatic rings. The van der Waals surface area contributed by atoms with E-state index in [1.807, 2.05) is 20.8 Å². The van der Waals surface area contributed by atoms with Crippen molar-refractivity contribution >= 4 is 17.4 Å². The number of nitrogens with zero attached hydrogens (tertiary/aromatic N) is 1. The molecule has 0 aromatic heterocycles. The molecule has 1 aliphatic carbocycles. The smallest absolute Gasteiger partial charge is 0.336 e. The number of non-ortho nitro benzene ring substituents is 1. The standard InChI is InChI=1S/C24H30N2O6/c1-5-9-31-10-11-32-23(28)20-15(2)25-18-13-24(3,4)14-19(27)22(18)21(20)16-7-6-8-17(12-16)26(29)30/h6-8,12,21,25H,5,9-11,13-14H2,1-4H3/t21-/m1/s1. The summed E-state index contributed by atoms with van der Waals surface area (Å²) in [6, 6.07) is 6.11. The molecule has 0 saturated carbocycles. The van der Waals surface area contributed by atoms with Crippen LogP contribution in [0.4, 0.5) is 5.69 Å². The van der Waals surface area contributed by atoms with Gasteiger partial charge < -0.3 is 14.8 Å². The van der Waals surface area contributed by atoms with Gasteiger partial charge in [-0.3, -0.25) is 14.9 Å². The lowest BCUT2D eigenvalue weighted by Crippen LogP contribution is -2.38. The average Bonchev–Trinajstić information content (AvgIpc) is 2.71. The van der Waals surface area contributed by atoms with Crippen LogP contribution in [-0.4, -0.2) is 36.5 Å². The van der Waals surface area contributed by atoms with Gasteiger partial charge in [-0.25, -0.2) is 4.79 Å². The number of carbonyl (C=O) groups excluding carboxylic acids is 2. The van der Waals surface area contributed by atoms with E-state index in [2.05, 4.69) is 5.32 Å². The topological polar surface area (TPSA) is 108 Å². The molecule has 0 fully saturated rings. The molecule has 0 amide bonds. The lowest BCUT2D eigenvalue weighted by molar-refractivity contribution is -0.384. The van der Waals surface area contributed by atoms with Crippen molar-refractivity contribution < 1.29 is 24.0 Å². The van der Waals surface area contributed by atoms with Crippen molar-refractivity contribution in [1.82, 2.24) is 5.32 Å². The van der Waals surface area contributed by atoms with Gasteiger partial charge >= 0.3 is 5.97 Å². The van der Waals surface area contributed by atoms with E-state index in [9.17, 15) is 19.7 Å². The molecular formula is C24H30N2O6. The van der Waals surface area contributed by atoms with Crippen LogP contribution in [0, 0.1) is 15.5 Å². The summed E-state index contributed by atoms with van der Waals surface area (Å²) in [4.78, 5) is 37.2. The highest BCUT2D eigenvalue weighted by molar-refractivity contribution is 6.04. The maximum absolute atomic E-state index is 13.2. The number of ether oxygens (including phenoxy) is 2. The van der Waals surface area contributed by atoms with Crippen molar-refractivity contribution in [3.8, 4) is 0 Å². The Kier molecular flexibility index (Phi) is 7.13. The molecular weight excluding hydrogens is 412 g/mol. The van der Waals surface area contributed by atoms with Crippen LogP contribution in [0.25, 0.3) is 0 Å². The number of dihydropyridines is 1. The van der Waals surface area contributed by atoms with Crippen molar-refractivity contribution in [2.24, 2.45) is 5.41 Å². The molecule has 0 saturated heterocycles. The zero-order valence-electron chi connectivity index (χ0n) is 19.0. The van der Waals surface area contributed by atoms with E-state index in [1.165, 1.54) is 12.1 Å². The largest absolute Gasteiger partial charge is 0.460 e. The zero-order chi connectivity index (χ0) is 23.5. The van der Waals surface area contributed by atoms with Gasteiger partial charge in [-0.15, -0.1) is 0 Å². The Morgan fingerprint density at radius 3 is 2.69 bits per heavy atom. The summed E-state index contributed by atoms with van der Waals surface area (Å²) >= 11 is 0. The molecule has 172 valence electrons. The average molecular weight is 443 g/mol. The number of Topliss-reactive ketones (excluding diaryl/α,β-unsaturated/α-hetero) is 1. The highest BCUT2D eigenvalue weighted by Gasteiger charge is 2.43. The molecule has 0 radical (unpaired) electrons. The lowest BCUT2D eigenvalue weighted by Gasteiger charge is -2.39. The SMILES string of the molecule is CCCOCCOC(=O)C1=C(C)NC2=C(C(=O)CC(C)(C)C2)[C@@H]1c1cccc([N+](=O)[O-])c1. The summed E-state index contributed by atoms with van der Waals surface area (Å²) in [5.41, 5.74) is 2.36. The van der Waals surface area contributed by atoms with Crippen LogP contribution in [0.15, 0.2) is 46.8 Å². The van der Waals surface area contributed by atoms with Gasteiger partial charge in [0.15, 0.2) is 5.78 Å². The van der Waals surface area contributed by atoms with Gasteiger partial charge in [0, 0.05) is 48.0 Å². The minimum Gasteiger partial charge on any atom is -0.460 e. The van der Waals surface area contributed by atoms with Crippen LogP contribution in [0.2, 0.25) is 0 Å². The van der Waals surface area contributed by atoms with Crippen molar-refractivity contribution in [2.75, 3.05) is 19.8 Å². The number of nitro benzene ring substituents is 1. The van der Waals surface area contributed by atoms with Gasteiger partial charge in [0.1, 0.15) is 6.61 Å². The molecule has 1 heterocycles. The number of hydrogen-bond donors (Lipinski definition) is 1. The van der Waals surface area contributed by atoms with Crippen LogP contribution in [0.5, 0.6) is 0 Å². The molecule has 1 aromatic carbocycles. The maximum Gasteiger partial charge on any atom is 0.336 e. The summed E-state index contributed by atoms with van der Waals surface area (Å²) < 4.78 is 10.8. The zero-order valence-corrected chi connectivity index (χ0v) is 19.0. The Bertz CT molecular complexity index is 992. The second-order valence-electron chi connectivity index (χ2n) is 9.03. The molecule has 0 unspecified atom stereocenters. The molecule has 0 spiro atoms. The number of ketones is 1. The van der Waals surface area contributed by atoms with Crippen LogP contribution >= 0.6 is 0 Å². The number of carbonyl (C=O) groups is 2. The summed E-state index contributed by atoms with van der Waals surface area (Å²) in [5.74, 6) is -1.35. The molecule has 8 nitrogen and oxygen atoms in total. The van der Waals surface area contributed by atoms with Crippen LogP contribution < -0.4 is 5.32 Å². The van der Waals surface area contributed by atoms with E-state index in [0.717, 1.165) is 12.1 Å². The molecule has 32 heavy (non-hydrogen) atoms. The third kappa shape index (κ3) is 5.07. The summed E-state index contributed by atoms with van der Waals surface area (Å²) in [6.07, 6.45) is 1.85. The van der Waals surface area contributed by atoms with E-state index in [4.69, 9.17) is 9.47 Å². The first-order valence-corrected chi connectivity index (χ1v) is 10.9. The maximum atomic E-state index is 13.2. The predicted octanol–water partition coefficient (Wildman–Crippen LogP) is 4.17. The van der Waals surface area contributed by atoms with Gasteiger partial charge in [0.2, 0.25) is 0 Å². The van der Waals surface area contributed by atoms with Gasteiger partial charge in [-0.05, 0) is 30.7 Å². The Morgan fingerprint density at radius 1 is 1.25 bits per heavy atom. The number of nitro groups is 1. The molecule has 2 aliphatic rings. The van der Waals surface area contributed by atoms with Crippen molar-refractivity contribution in [2.45, 2.75) is 52.9 Å². The quantitative estimate of drug-likeness (QED) is 0.279. The van der Waals surface area contributed by atoms with Crippen molar-refractivity contribution in [1.29, 1.82) is 0 Å². The van der Waals surface area contributed by atoms with Gasteiger partial charge in [0.25, 0.3) is 5.69 Å². The minimum absolute atomic E-state index is 0.0654. The normalized spacial score (nSPS) is 20.0. The van der Waals surface area contributed by atoms with Crippen LogP contribution in [0.3, 0.4) is 0 Å². The first-order valence-electron chi connectivity index (χ1n) is 10.9. The summed E-state index contributed by atoms with van der Waals surface area (Å²) in [6.45, 7) is 8.76. The Hall–Kier alpha value is -3.00. The van der Waals surface area contributed by atoms with Gasteiger partial charge in [-0.1, -0.05) is 32.9 Å². The second kappa shape index (κ2) is 9.65. The molecule has 1 N–H and O–H groups in total. The first kappa shape index (κ1) is 23.7. The number of hydrogen-bond acceptors (Lipinski definition) is 7. The fourth-order valence-electron chi connectivity index (χ4n) is 4.38. The number of rotatable bonds is 8. The summed E-state index contributed by atoms with van der Waals surface area (Å²) in [5, 5.41) is 14.6. The summed E-state index contributed by atoms with van der Waals surface area (Å²) in [7, 11) is 0. The van der Waals surface area contributed by atoms with Gasteiger partial charge in [-0.2, -0.15) is 0 Å². The number of nitrogens with one attached hydrogen (secondary N) is 1. The highest BCUT2D eigenvalue weighted by Crippen LogP contribution is 2.47. The Morgan fingerprint density at radius 2 is 2.00 bits per heavy atom. The van der Waals surface area contributed by atoms with Crippen molar-refractivity contribution in [3.05, 3.63) is 62.5 Å². The monoisotopic (exact) mass is 442 g/mol. The Balaban J connectivity index is 2.02. The third-order valence-corrected chi connectivity index (χ3v) is 5.68. The number of allylic oxidation sites excluding steroid dienone is 3. The molecule has 8 heteroatoms. The van der Waals surface area contributed by atoms with E-state index in [1.54, 1.807) is 19.1 Å². The second-order valence-corrected chi connectivity index (χ2v) is 9.03. The third-order valence-electron chi connectivity index (χ3n) is 5.68. The van der Waals surface area contributed by atoms with E-state index < -0.39 is 16.8 Å². The number of benzene rings is 1. The first-order chi connectivity index (χ1) is 15.1. The Labute approximate surface area is 187 Å². The van der Waals surface area contributed by atoms with Gasteiger partial charge in [0.05, 0.1) is 17.1 Å². The van der Waals surface area contributed by atoms with Crippen LogP contribution in [0.1, 0.15) is 58.4 Å². The fourth-order valence-corrected chi connectivity index (χ4v) is 4.38. The highest BCUT2D eigenvalue weighted by atomic mass is 16.6. The van der Waals surface area contributed by atoms with Crippen molar-refractivity contribution in [3.63, 3.8) is 0 Å². The molecule has 1 atom stereocenters. The van der Waals surface area contributed by atoms with E-state index in [0.29, 0.717) is 41.9 Å². The lowest BCUT2D eigenvalue weighted by atomic mass is 9.68.